The van der Waals surface area contributed by atoms with Crippen LogP contribution in [-0.4, -0.2) is 38.7 Å². The highest BCUT2D eigenvalue weighted by atomic mass is 16.5. The van der Waals surface area contributed by atoms with E-state index in [0.29, 0.717) is 31.1 Å². The van der Waals surface area contributed by atoms with E-state index in [4.69, 9.17) is 4.52 Å². The lowest BCUT2D eigenvalue weighted by molar-refractivity contribution is -0.142. The van der Waals surface area contributed by atoms with E-state index < -0.39 is 12.0 Å². The van der Waals surface area contributed by atoms with E-state index >= 15 is 0 Å². The number of aliphatic carboxylic acids is 1. The minimum Gasteiger partial charge on any atom is -0.480 e. The van der Waals surface area contributed by atoms with Crippen LogP contribution in [0, 0.1) is 6.92 Å². The Balaban J connectivity index is 1.67. The molecular weight excluding hydrogens is 282 g/mol. The zero-order valence-electron chi connectivity index (χ0n) is 12.5. The first-order valence-electron chi connectivity index (χ1n) is 7.46. The van der Waals surface area contributed by atoms with Crippen LogP contribution in [0.25, 0.3) is 0 Å². The largest absolute Gasteiger partial charge is 0.480 e. The Bertz CT molecular complexity index is 668. The lowest BCUT2D eigenvalue weighted by Gasteiger charge is -2.18. The fourth-order valence-electron chi connectivity index (χ4n) is 2.87. The molecule has 0 saturated carbocycles. The molecule has 1 N–H and O–H groups in total. The molecule has 0 bridgehead atoms. The lowest BCUT2D eigenvalue weighted by atomic mass is 10.1. The first-order valence-corrected chi connectivity index (χ1v) is 7.46. The minimum absolute atomic E-state index is 0.425. The number of rotatable bonds is 5. The highest BCUT2D eigenvalue weighted by Gasteiger charge is 2.31. The van der Waals surface area contributed by atoms with Crippen molar-refractivity contribution < 1.29 is 14.4 Å². The molecule has 0 unspecified atom stereocenters. The molecule has 0 aliphatic carbocycles. The second-order valence-electron chi connectivity index (χ2n) is 5.67. The van der Waals surface area contributed by atoms with E-state index in [1.165, 1.54) is 5.56 Å². The van der Waals surface area contributed by atoms with Gasteiger partial charge in [-0.15, -0.1) is 0 Å². The smallest absolute Gasteiger partial charge is 0.320 e. The molecule has 1 saturated heterocycles. The molecular formula is C16H19N3O3. The van der Waals surface area contributed by atoms with Crippen LogP contribution in [0.15, 0.2) is 28.8 Å². The molecule has 2 heterocycles. The monoisotopic (exact) mass is 301 g/mol. The van der Waals surface area contributed by atoms with Gasteiger partial charge in [0, 0.05) is 0 Å². The molecule has 22 heavy (non-hydrogen) atoms. The van der Waals surface area contributed by atoms with E-state index in [-0.39, 0.29) is 0 Å². The predicted molar refractivity (Wildman–Crippen MR) is 79.4 cm³/mol. The van der Waals surface area contributed by atoms with E-state index in [9.17, 15) is 9.90 Å². The summed E-state index contributed by atoms with van der Waals surface area (Å²) >= 11 is 0. The van der Waals surface area contributed by atoms with Gasteiger partial charge in [0.25, 0.3) is 0 Å². The van der Waals surface area contributed by atoms with Crippen molar-refractivity contribution in [1.29, 1.82) is 0 Å². The molecule has 2 aromatic rings. The first-order chi connectivity index (χ1) is 10.6. The fraction of sp³-hybridized carbons (Fsp3) is 0.438. The summed E-state index contributed by atoms with van der Waals surface area (Å²) in [5.41, 5.74) is 2.34. The molecule has 116 valence electrons. The molecule has 1 fully saturated rings. The number of carboxylic acid groups (broad SMARTS) is 1. The summed E-state index contributed by atoms with van der Waals surface area (Å²) in [5.74, 6) is 0.341. The Morgan fingerprint density at radius 3 is 3.05 bits per heavy atom. The molecule has 1 atom stereocenters. The molecule has 1 aromatic heterocycles. The summed E-state index contributed by atoms with van der Waals surface area (Å²) in [6, 6.07) is 7.64. The van der Waals surface area contributed by atoms with Crippen molar-refractivity contribution in [3.05, 3.63) is 47.1 Å². The molecule has 1 aliphatic rings. The lowest BCUT2D eigenvalue weighted by Crippen LogP contribution is -2.35. The van der Waals surface area contributed by atoms with Crippen molar-refractivity contribution in [2.45, 2.75) is 38.8 Å². The van der Waals surface area contributed by atoms with Gasteiger partial charge in [0.05, 0.1) is 13.0 Å². The number of nitrogens with zero attached hydrogens (tertiary/aromatic N) is 3. The maximum absolute atomic E-state index is 11.2. The van der Waals surface area contributed by atoms with Gasteiger partial charge in [0.2, 0.25) is 5.89 Å². The molecule has 0 amide bonds. The highest BCUT2D eigenvalue weighted by molar-refractivity contribution is 5.73. The third-order valence-corrected chi connectivity index (χ3v) is 4.11. The Morgan fingerprint density at radius 2 is 2.27 bits per heavy atom. The zero-order chi connectivity index (χ0) is 15.5. The van der Waals surface area contributed by atoms with Crippen LogP contribution in [0.3, 0.4) is 0 Å². The zero-order valence-corrected chi connectivity index (χ0v) is 12.5. The Morgan fingerprint density at radius 1 is 1.45 bits per heavy atom. The quantitative estimate of drug-likeness (QED) is 0.910. The van der Waals surface area contributed by atoms with Gasteiger partial charge in [-0.25, -0.2) is 0 Å². The van der Waals surface area contributed by atoms with Crippen molar-refractivity contribution in [1.82, 2.24) is 15.0 Å². The van der Waals surface area contributed by atoms with Crippen LogP contribution < -0.4 is 0 Å². The van der Waals surface area contributed by atoms with Crippen LogP contribution in [0.5, 0.6) is 0 Å². The highest BCUT2D eigenvalue weighted by Crippen LogP contribution is 2.20. The summed E-state index contributed by atoms with van der Waals surface area (Å²) in [5, 5.41) is 13.2. The summed E-state index contributed by atoms with van der Waals surface area (Å²) in [4.78, 5) is 17.5. The predicted octanol–water partition coefficient (Wildman–Crippen LogP) is 2.02. The number of carbonyl (C=O) groups is 1. The van der Waals surface area contributed by atoms with Crippen LogP contribution >= 0.6 is 0 Å². The third-order valence-electron chi connectivity index (χ3n) is 4.11. The Hall–Kier alpha value is -2.21. The summed E-state index contributed by atoms with van der Waals surface area (Å²) in [6.45, 7) is 3.24. The number of benzene rings is 1. The van der Waals surface area contributed by atoms with Crippen molar-refractivity contribution in [2.24, 2.45) is 0 Å². The van der Waals surface area contributed by atoms with Crippen LogP contribution in [-0.2, 0) is 17.8 Å². The van der Waals surface area contributed by atoms with E-state index in [2.05, 4.69) is 10.1 Å². The average Bonchev–Trinajstić information content (AvgIpc) is 3.11. The number of likely N-dealkylation sites (tertiary alicyclic amines) is 1. The molecule has 1 aliphatic heterocycles. The summed E-state index contributed by atoms with van der Waals surface area (Å²) in [6.07, 6.45) is 2.18. The Kier molecular flexibility index (Phi) is 4.20. The number of hydrogen-bond acceptors (Lipinski definition) is 5. The molecule has 1 aromatic carbocycles. The van der Waals surface area contributed by atoms with E-state index in [0.717, 1.165) is 18.5 Å². The van der Waals surface area contributed by atoms with Gasteiger partial charge < -0.3 is 9.63 Å². The SMILES string of the molecule is Cc1ccccc1Cc1nc(CN2CCC[C@@H]2C(=O)O)no1. The van der Waals surface area contributed by atoms with Crippen molar-refractivity contribution >= 4 is 5.97 Å². The number of aryl methyl sites for hydroxylation is 1. The third kappa shape index (κ3) is 3.17. The van der Waals surface area contributed by atoms with Gasteiger partial charge >= 0.3 is 5.97 Å². The maximum Gasteiger partial charge on any atom is 0.320 e. The Labute approximate surface area is 128 Å². The normalized spacial score (nSPS) is 18.7. The van der Waals surface area contributed by atoms with Crippen LogP contribution in [0.2, 0.25) is 0 Å². The van der Waals surface area contributed by atoms with Gasteiger partial charge in [-0.3, -0.25) is 9.69 Å². The minimum atomic E-state index is -0.777. The van der Waals surface area contributed by atoms with Crippen molar-refractivity contribution in [3.63, 3.8) is 0 Å². The molecule has 0 radical (unpaired) electrons. The van der Waals surface area contributed by atoms with Crippen LogP contribution in [0.1, 0.15) is 35.7 Å². The van der Waals surface area contributed by atoms with Crippen molar-refractivity contribution in [2.75, 3.05) is 6.54 Å². The van der Waals surface area contributed by atoms with Crippen LogP contribution in [0.4, 0.5) is 0 Å². The van der Waals surface area contributed by atoms with Gasteiger partial charge in [0.1, 0.15) is 6.04 Å². The van der Waals surface area contributed by atoms with Gasteiger partial charge in [-0.2, -0.15) is 4.98 Å². The van der Waals surface area contributed by atoms with E-state index in [1.54, 1.807) is 0 Å². The fourth-order valence-corrected chi connectivity index (χ4v) is 2.87. The van der Waals surface area contributed by atoms with Crippen molar-refractivity contribution in [3.8, 4) is 0 Å². The van der Waals surface area contributed by atoms with Gasteiger partial charge in [0.15, 0.2) is 5.82 Å². The summed E-state index contributed by atoms with van der Waals surface area (Å²) < 4.78 is 5.29. The second kappa shape index (κ2) is 6.27. The molecule has 6 nitrogen and oxygen atoms in total. The average molecular weight is 301 g/mol. The number of hydrogen-bond donors (Lipinski definition) is 1. The standard InChI is InChI=1S/C16H19N3O3/c1-11-5-2-3-6-12(11)9-15-17-14(18-22-15)10-19-8-4-7-13(19)16(20)21/h2-3,5-6,13H,4,7-10H2,1H3,(H,20,21)/t13-/m1/s1. The second-order valence-corrected chi connectivity index (χ2v) is 5.67. The molecule has 0 spiro atoms. The molecule has 3 rings (SSSR count). The van der Waals surface area contributed by atoms with E-state index in [1.807, 2.05) is 36.1 Å². The van der Waals surface area contributed by atoms with Gasteiger partial charge in [-0.05, 0) is 37.4 Å². The summed E-state index contributed by atoms with van der Waals surface area (Å²) in [7, 11) is 0. The number of carboxylic acids is 1. The van der Waals surface area contributed by atoms with Gasteiger partial charge in [-0.1, -0.05) is 29.4 Å². The first kappa shape index (κ1) is 14.7. The molecule has 6 heteroatoms. The maximum atomic E-state index is 11.2. The topological polar surface area (TPSA) is 79.5 Å². The number of aromatic nitrogens is 2.